The van der Waals surface area contributed by atoms with Crippen molar-refractivity contribution in [2.24, 2.45) is 0 Å². The van der Waals surface area contributed by atoms with Crippen LogP contribution in [0, 0.1) is 10.1 Å². The molecule has 0 radical (unpaired) electrons. The number of nitro groups is 1. The highest BCUT2D eigenvalue weighted by molar-refractivity contribution is 5.52. The van der Waals surface area contributed by atoms with Gasteiger partial charge in [-0.25, -0.2) is 0 Å². The zero-order valence-corrected chi connectivity index (χ0v) is 10.4. The van der Waals surface area contributed by atoms with Gasteiger partial charge in [0.15, 0.2) is 6.10 Å². The molecule has 1 aliphatic rings. The average molecular weight is 290 g/mol. The van der Waals surface area contributed by atoms with Crippen molar-refractivity contribution in [2.75, 3.05) is 11.4 Å². The Morgan fingerprint density at radius 1 is 1.35 bits per heavy atom. The summed E-state index contributed by atoms with van der Waals surface area (Å²) in [5, 5.41) is 19.9. The summed E-state index contributed by atoms with van der Waals surface area (Å²) in [7, 11) is 0. The molecule has 20 heavy (non-hydrogen) atoms. The summed E-state index contributed by atoms with van der Waals surface area (Å²) in [6.45, 7) is 0.385. The Morgan fingerprint density at radius 2 is 1.95 bits per heavy atom. The molecule has 0 amide bonds. The van der Waals surface area contributed by atoms with E-state index >= 15 is 0 Å². The van der Waals surface area contributed by atoms with Crippen LogP contribution in [0.25, 0.3) is 0 Å². The smallest absolute Gasteiger partial charge is 0.382 e. The minimum Gasteiger partial charge on any atom is -0.382 e. The first-order valence-electron chi connectivity index (χ1n) is 6.06. The lowest BCUT2D eigenvalue weighted by Crippen LogP contribution is -2.47. The molecule has 2 atom stereocenters. The number of rotatable bonds is 3. The van der Waals surface area contributed by atoms with Crippen molar-refractivity contribution in [2.45, 2.75) is 31.2 Å². The van der Waals surface area contributed by atoms with E-state index in [1.807, 2.05) is 0 Å². The van der Waals surface area contributed by atoms with Crippen LogP contribution in [0.15, 0.2) is 24.3 Å². The fourth-order valence-corrected chi connectivity index (χ4v) is 2.43. The molecular weight excluding hydrogens is 277 g/mol. The molecule has 8 heteroatoms. The standard InChI is InChI=1S/C12H13F3N2O3/c13-12(14,15)11(18)10-2-1-7-16(10)8-3-5-9(6-4-8)17(19)20/h3-6,10-11,18H,1-2,7H2/t10?,11-/m1/s1. The van der Waals surface area contributed by atoms with Crippen LogP contribution in [-0.2, 0) is 0 Å². The van der Waals surface area contributed by atoms with Gasteiger partial charge in [-0.1, -0.05) is 0 Å². The van der Waals surface area contributed by atoms with Crippen LogP contribution in [0.1, 0.15) is 12.8 Å². The molecule has 0 saturated carbocycles. The Hall–Kier alpha value is -1.83. The number of nitro benzene ring substituents is 1. The minimum atomic E-state index is -4.67. The molecular formula is C12H13F3N2O3. The third kappa shape index (κ3) is 2.84. The first-order chi connectivity index (χ1) is 9.30. The number of aliphatic hydroxyl groups is 1. The van der Waals surface area contributed by atoms with Gasteiger partial charge in [-0.2, -0.15) is 13.2 Å². The number of alkyl halides is 3. The molecule has 1 aliphatic heterocycles. The Morgan fingerprint density at radius 3 is 2.45 bits per heavy atom. The van der Waals surface area contributed by atoms with Crippen LogP contribution in [0.2, 0.25) is 0 Å². The van der Waals surface area contributed by atoms with Crippen molar-refractivity contribution >= 4 is 11.4 Å². The molecule has 110 valence electrons. The van der Waals surface area contributed by atoms with Gasteiger partial charge in [0.05, 0.1) is 11.0 Å². The normalized spacial score (nSPS) is 21.0. The van der Waals surface area contributed by atoms with E-state index in [0.29, 0.717) is 18.7 Å². The predicted molar refractivity (Wildman–Crippen MR) is 65.5 cm³/mol. The average Bonchev–Trinajstić information content (AvgIpc) is 2.85. The molecule has 1 N–H and O–H groups in total. The molecule has 1 unspecified atom stereocenters. The second-order valence-electron chi connectivity index (χ2n) is 4.66. The van der Waals surface area contributed by atoms with Crippen molar-refractivity contribution in [1.29, 1.82) is 0 Å². The maximum atomic E-state index is 12.6. The summed E-state index contributed by atoms with van der Waals surface area (Å²) in [4.78, 5) is 11.4. The molecule has 1 aromatic rings. The zero-order valence-electron chi connectivity index (χ0n) is 10.4. The van der Waals surface area contributed by atoms with Gasteiger partial charge in [-0.3, -0.25) is 10.1 Å². The summed E-state index contributed by atoms with van der Waals surface area (Å²) in [6.07, 6.45) is -6.32. The van der Waals surface area contributed by atoms with E-state index in [9.17, 15) is 28.4 Å². The maximum Gasteiger partial charge on any atom is 0.416 e. The van der Waals surface area contributed by atoms with Crippen LogP contribution in [0.4, 0.5) is 24.5 Å². The third-order valence-electron chi connectivity index (χ3n) is 3.39. The molecule has 0 bridgehead atoms. The van der Waals surface area contributed by atoms with Gasteiger partial charge in [0.2, 0.25) is 0 Å². The summed E-state index contributed by atoms with van der Waals surface area (Å²) in [6, 6.07) is 4.24. The molecule has 1 aromatic carbocycles. The number of benzene rings is 1. The van der Waals surface area contributed by atoms with Crippen LogP contribution in [-0.4, -0.2) is 34.9 Å². The fraction of sp³-hybridized carbons (Fsp3) is 0.500. The van der Waals surface area contributed by atoms with Gasteiger partial charge in [-0.05, 0) is 25.0 Å². The Balaban J connectivity index is 2.20. The maximum absolute atomic E-state index is 12.6. The first-order valence-corrected chi connectivity index (χ1v) is 6.06. The van der Waals surface area contributed by atoms with E-state index in [2.05, 4.69) is 0 Å². The molecule has 0 aromatic heterocycles. The van der Waals surface area contributed by atoms with Crippen LogP contribution >= 0.6 is 0 Å². The molecule has 1 fully saturated rings. The van der Waals surface area contributed by atoms with E-state index in [1.54, 1.807) is 0 Å². The van der Waals surface area contributed by atoms with Gasteiger partial charge in [0.25, 0.3) is 5.69 Å². The lowest BCUT2D eigenvalue weighted by molar-refractivity contribution is -0.384. The number of hydrogen-bond donors (Lipinski definition) is 1. The highest BCUT2D eigenvalue weighted by Gasteiger charge is 2.47. The first kappa shape index (κ1) is 14.6. The molecule has 0 spiro atoms. The summed E-state index contributed by atoms with van der Waals surface area (Å²) in [5.74, 6) is 0. The van der Waals surface area contributed by atoms with Crippen molar-refractivity contribution in [3.8, 4) is 0 Å². The Bertz CT molecular complexity index is 490. The fourth-order valence-electron chi connectivity index (χ4n) is 2.43. The topological polar surface area (TPSA) is 66.6 Å². The van der Waals surface area contributed by atoms with Crippen LogP contribution in [0.3, 0.4) is 0 Å². The molecule has 1 saturated heterocycles. The number of nitrogens with zero attached hydrogens (tertiary/aromatic N) is 2. The van der Waals surface area contributed by atoms with E-state index in [1.165, 1.54) is 29.2 Å². The van der Waals surface area contributed by atoms with E-state index in [-0.39, 0.29) is 12.1 Å². The van der Waals surface area contributed by atoms with Gasteiger partial charge in [-0.15, -0.1) is 0 Å². The zero-order chi connectivity index (χ0) is 14.9. The largest absolute Gasteiger partial charge is 0.416 e. The molecule has 2 rings (SSSR count). The van der Waals surface area contributed by atoms with Gasteiger partial charge in [0.1, 0.15) is 0 Å². The Labute approximate surface area is 112 Å². The SMILES string of the molecule is O=[N+]([O-])c1ccc(N2CCCC2[C@@H](O)C(F)(F)F)cc1. The van der Waals surface area contributed by atoms with Crippen molar-refractivity contribution in [3.63, 3.8) is 0 Å². The van der Waals surface area contributed by atoms with Crippen molar-refractivity contribution < 1.29 is 23.2 Å². The summed E-state index contributed by atoms with van der Waals surface area (Å²) < 4.78 is 37.8. The second-order valence-corrected chi connectivity index (χ2v) is 4.66. The number of aliphatic hydroxyl groups excluding tert-OH is 1. The molecule has 5 nitrogen and oxygen atoms in total. The number of hydrogen-bond acceptors (Lipinski definition) is 4. The number of halogens is 3. The van der Waals surface area contributed by atoms with Gasteiger partial charge < -0.3 is 10.0 Å². The Kier molecular flexibility index (Phi) is 3.85. The van der Waals surface area contributed by atoms with Crippen LogP contribution < -0.4 is 4.90 Å². The second kappa shape index (κ2) is 5.28. The van der Waals surface area contributed by atoms with E-state index in [0.717, 1.165) is 0 Å². The van der Waals surface area contributed by atoms with Gasteiger partial charge >= 0.3 is 6.18 Å². The number of anilines is 1. The van der Waals surface area contributed by atoms with Crippen molar-refractivity contribution in [3.05, 3.63) is 34.4 Å². The highest BCUT2D eigenvalue weighted by atomic mass is 19.4. The summed E-state index contributed by atoms with van der Waals surface area (Å²) >= 11 is 0. The minimum absolute atomic E-state index is 0.124. The molecule has 0 aliphatic carbocycles. The lowest BCUT2D eigenvalue weighted by atomic mass is 10.1. The molecule has 1 heterocycles. The highest BCUT2D eigenvalue weighted by Crippen LogP contribution is 2.34. The monoisotopic (exact) mass is 290 g/mol. The lowest BCUT2D eigenvalue weighted by Gasteiger charge is -2.31. The van der Waals surface area contributed by atoms with E-state index in [4.69, 9.17) is 0 Å². The third-order valence-corrected chi connectivity index (χ3v) is 3.39. The predicted octanol–water partition coefficient (Wildman–Crippen LogP) is 2.49. The van der Waals surface area contributed by atoms with Crippen molar-refractivity contribution in [1.82, 2.24) is 0 Å². The summed E-state index contributed by atoms with van der Waals surface area (Å²) in [5.41, 5.74) is 0.322. The van der Waals surface area contributed by atoms with Gasteiger partial charge in [0, 0.05) is 24.4 Å². The van der Waals surface area contributed by atoms with Crippen LogP contribution in [0.5, 0.6) is 0 Å². The number of non-ortho nitro benzene ring substituents is 1. The quantitative estimate of drug-likeness (QED) is 0.686. The van der Waals surface area contributed by atoms with E-state index < -0.39 is 23.2 Å².